The minimum atomic E-state index is -0.332. The fourth-order valence-electron chi connectivity index (χ4n) is 1.38. The highest BCUT2D eigenvalue weighted by Gasteiger charge is 2.28. The number of amides is 1. The summed E-state index contributed by atoms with van der Waals surface area (Å²) < 4.78 is 4.54. The van der Waals surface area contributed by atoms with Crippen LogP contribution in [0.5, 0.6) is 0 Å². The Kier molecular flexibility index (Phi) is 2.70. The van der Waals surface area contributed by atoms with Gasteiger partial charge in [0.2, 0.25) is 0 Å². The van der Waals surface area contributed by atoms with Gasteiger partial charge in [0.05, 0.1) is 19.8 Å². The molecule has 0 bridgehead atoms. The molecule has 1 heterocycles. The number of carbonyl (C=O) groups is 1. The van der Waals surface area contributed by atoms with E-state index in [2.05, 4.69) is 4.74 Å². The first kappa shape index (κ1) is 8.33. The number of nitrogens with zero attached hydrogens (tertiary/aromatic N) is 1. The molecule has 0 aliphatic carbocycles. The first-order valence-corrected chi connectivity index (χ1v) is 3.75. The normalized spacial score (nSPS) is 23.8. The number of hydrogen-bond acceptors (Lipinski definition) is 3. The van der Waals surface area contributed by atoms with Crippen LogP contribution in [0, 0.1) is 0 Å². The SMILES string of the molecule is COC(=O)N1CCC[C@H]1CO. The van der Waals surface area contributed by atoms with E-state index in [0.29, 0.717) is 6.54 Å². The van der Waals surface area contributed by atoms with E-state index in [1.165, 1.54) is 7.11 Å². The molecule has 64 valence electrons. The maximum atomic E-state index is 11.0. The summed E-state index contributed by atoms with van der Waals surface area (Å²) in [7, 11) is 1.36. The molecule has 0 unspecified atom stereocenters. The van der Waals surface area contributed by atoms with E-state index in [1.54, 1.807) is 4.90 Å². The van der Waals surface area contributed by atoms with Crippen LogP contribution in [0.15, 0.2) is 0 Å². The van der Waals surface area contributed by atoms with Crippen molar-refractivity contribution < 1.29 is 14.6 Å². The van der Waals surface area contributed by atoms with Gasteiger partial charge in [0.15, 0.2) is 0 Å². The highest BCUT2D eigenvalue weighted by Crippen LogP contribution is 2.16. The summed E-state index contributed by atoms with van der Waals surface area (Å²) in [4.78, 5) is 12.5. The molecule has 1 aliphatic rings. The molecule has 0 radical (unpaired) electrons. The molecule has 1 aliphatic heterocycles. The molecule has 1 saturated heterocycles. The molecule has 0 aromatic heterocycles. The van der Waals surface area contributed by atoms with E-state index in [1.807, 2.05) is 0 Å². The Morgan fingerprint density at radius 2 is 2.55 bits per heavy atom. The van der Waals surface area contributed by atoms with Crippen LogP contribution in [-0.2, 0) is 4.74 Å². The topological polar surface area (TPSA) is 49.8 Å². The number of hydrogen-bond donors (Lipinski definition) is 1. The van der Waals surface area contributed by atoms with Crippen molar-refractivity contribution in [2.24, 2.45) is 0 Å². The summed E-state index contributed by atoms with van der Waals surface area (Å²) in [5.74, 6) is 0. The molecule has 0 spiro atoms. The summed E-state index contributed by atoms with van der Waals surface area (Å²) in [6, 6.07) is -0.0255. The van der Waals surface area contributed by atoms with Gasteiger partial charge in [-0.15, -0.1) is 0 Å². The van der Waals surface area contributed by atoms with Crippen LogP contribution in [0.3, 0.4) is 0 Å². The van der Waals surface area contributed by atoms with E-state index < -0.39 is 0 Å². The van der Waals surface area contributed by atoms with Crippen molar-refractivity contribution in [2.45, 2.75) is 18.9 Å². The zero-order chi connectivity index (χ0) is 8.27. The van der Waals surface area contributed by atoms with Gasteiger partial charge in [-0.05, 0) is 12.8 Å². The summed E-state index contributed by atoms with van der Waals surface area (Å²) in [5.41, 5.74) is 0. The van der Waals surface area contributed by atoms with E-state index in [-0.39, 0.29) is 18.7 Å². The van der Waals surface area contributed by atoms with Crippen molar-refractivity contribution in [1.82, 2.24) is 4.90 Å². The third-order valence-corrected chi connectivity index (χ3v) is 2.00. The van der Waals surface area contributed by atoms with Crippen molar-refractivity contribution in [3.05, 3.63) is 0 Å². The Labute approximate surface area is 65.8 Å². The zero-order valence-corrected chi connectivity index (χ0v) is 6.62. The Hall–Kier alpha value is -0.770. The average Bonchev–Trinajstić information content (AvgIpc) is 2.50. The summed E-state index contributed by atoms with van der Waals surface area (Å²) in [5, 5.41) is 8.83. The number of carbonyl (C=O) groups excluding carboxylic acids is 1. The molecule has 11 heavy (non-hydrogen) atoms. The Morgan fingerprint density at radius 3 is 3.09 bits per heavy atom. The van der Waals surface area contributed by atoms with Gasteiger partial charge in [0.1, 0.15) is 0 Å². The zero-order valence-electron chi connectivity index (χ0n) is 6.62. The standard InChI is InChI=1S/C7H13NO3/c1-11-7(10)8-4-2-3-6(8)5-9/h6,9H,2-5H2,1H3/t6-/m0/s1. The predicted molar refractivity (Wildman–Crippen MR) is 39.2 cm³/mol. The molecule has 1 N–H and O–H groups in total. The van der Waals surface area contributed by atoms with E-state index >= 15 is 0 Å². The molecule has 4 nitrogen and oxygen atoms in total. The van der Waals surface area contributed by atoms with E-state index in [9.17, 15) is 4.79 Å². The lowest BCUT2D eigenvalue weighted by atomic mass is 10.2. The van der Waals surface area contributed by atoms with Crippen LogP contribution in [0.4, 0.5) is 4.79 Å². The van der Waals surface area contributed by atoms with Crippen molar-refractivity contribution in [1.29, 1.82) is 0 Å². The summed E-state index contributed by atoms with van der Waals surface area (Å²) >= 11 is 0. The number of aliphatic hydroxyl groups excluding tert-OH is 1. The Bertz CT molecular complexity index is 149. The maximum absolute atomic E-state index is 11.0. The van der Waals surface area contributed by atoms with E-state index in [0.717, 1.165) is 12.8 Å². The van der Waals surface area contributed by atoms with Gasteiger partial charge in [-0.25, -0.2) is 4.79 Å². The van der Waals surface area contributed by atoms with Crippen LogP contribution in [0.25, 0.3) is 0 Å². The molecule has 0 aromatic carbocycles. The second-order valence-electron chi connectivity index (χ2n) is 2.64. The Morgan fingerprint density at radius 1 is 1.82 bits per heavy atom. The Balaban J connectivity index is 2.49. The average molecular weight is 159 g/mol. The first-order chi connectivity index (χ1) is 5.29. The predicted octanol–water partition coefficient (Wildman–Crippen LogP) is 0.209. The van der Waals surface area contributed by atoms with Crippen molar-refractivity contribution in [3.63, 3.8) is 0 Å². The van der Waals surface area contributed by atoms with Crippen LogP contribution >= 0.6 is 0 Å². The highest BCUT2D eigenvalue weighted by molar-refractivity contribution is 5.68. The lowest BCUT2D eigenvalue weighted by molar-refractivity contribution is 0.101. The fraction of sp³-hybridized carbons (Fsp3) is 0.857. The van der Waals surface area contributed by atoms with Crippen LogP contribution < -0.4 is 0 Å². The number of ether oxygens (including phenoxy) is 1. The van der Waals surface area contributed by atoms with Crippen LogP contribution in [-0.4, -0.2) is 42.4 Å². The molecular weight excluding hydrogens is 146 g/mol. The van der Waals surface area contributed by atoms with Crippen molar-refractivity contribution in [3.8, 4) is 0 Å². The second kappa shape index (κ2) is 3.57. The number of methoxy groups -OCH3 is 1. The number of rotatable bonds is 1. The molecule has 1 rings (SSSR count). The molecular formula is C7H13NO3. The minimum absolute atomic E-state index is 0.0255. The lowest BCUT2D eigenvalue weighted by Gasteiger charge is -2.20. The molecule has 1 amide bonds. The van der Waals surface area contributed by atoms with Gasteiger partial charge in [0.25, 0.3) is 0 Å². The third kappa shape index (κ3) is 1.63. The molecule has 0 aromatic rings. The molecule has 1 atom stereocenters. The van der Waals surface area contributed by atoms with Gasteiger partial charge >= 0.3 is 6.09 Å². The minimum Gasteiger partial charge on any atom is -0.453 e. The smallest absolute Gasteiger partial charge is 0.409 e. The fourth-order valence-corrected chi connectivity index (χ4v) is 1.38. The number of aliphatic hydroxyl groups is 1. The maximum Gasteiger partial charge on any atom is 0.409 e. The van der Waals surface area contributed by atoms with Gasteiger partial charge in [-0.3, -0.25) is 0 Å². The van der Waals surface area contributed by atoms with Crippen LogP contribution in [0.1, 0.15) is 12.8 Å². The quantitative estimate of drug-likeness (QED) is 0.595. The molecule has 0 saturated carbocycles. The number of likely N-dealkylation sites (tertiary alicyclic amines) is 1. The monoisotopic (exact) mass is 159 g/mol. The highest BCUT2D eigenvalue weighted by atomic mass is 16.5. The van der Waals surface area contributed by atoms with Gasteiger partial charge in [-0.1, -0.05) is 0 Å². The second-order valence-corrected chi connectivity index (χ2v) is 2.64. The van der Waals surface area contributed by atoms with E-state index in [4.69, 9.17) is 5.11 Å². The van der Waals surface area contributed by atoms with Gasteiger partial charge < -0.3 is 14.7 Å². The van der Waals surface area contributed by atoms with Gasteiger partial charge in [-0.2, -0.15) is 0 Å². The largest absolute Gasteiger partial charge is 0.453 e. The van der Waals surface area contributed by atoms with Crippen LogP contribution in [0.2, 0.25) is 0 Å². The third-order valence-electron chi connectivity index (χ3n) is 2.00. The van der Waals surface area contributed by atoms with Gasteiger partial charge in [0, 0.05) is 6.54 Å². The van der Waals surface area contributed by atoms with Crippen molar-refractivity contribution in [2.75, 3.05) is 20.3 Å². The first-order valence-electron chi connectivity index (χ1n) is 3.75. The molecule has 4 heteroatoms. The van der Waals surface area contributed by atoms with Crippen molar-refractivity contribution >= 4 is 6.09 Å². The lowest BCUT2D eigenvalue weighted by Crippen LogP contribution is -2.37. The summed E-state index contributed by atoms with van der Waals surface area (Å²) in [6.07, 6.45) is 1.51. The molecule has 1 fully saturated rings. The summed E-state index contributed by atoms with van der Waals surface area (Å²) in [6.45, 7) is 0.743.